The highest BCUT2D eigenvalue weighted by Crippen LogP contribution is 2.11. The molecule has 1 heteroatoms. The molecule has 1 nitrogen and oxygen atoms in total. The molecular formula is C16H15O. The lowest BCUT2D eigenvalue weighted by Gasteiger charge is -2.02. The average Bonchev–Trinajstić information content (AvgIpc) is 2.30. The number of hydrogen-bond donors (Lipinski definition) is 0. The minimum atomic E-state index is 0. The summed E-state index contributed by atoms with van der Waals surface area (Å²) < 4.78 is 0. The van der Waals surface area contributed by atoms with Crippen LogP contribution in [0, 0.1) is 21.3 Å². The molecule has 0 aliphatic carbocycles. The Labute approximate surface area is 103 Å². The van der Waals surface area contributed by atoms with Gasteiger partial charge < -0.3 is 0 Å². The molecule has 85 valence electrons. The van der Waals surface area contributed by atoms with Gasteiger partial charge in [0, 0.05) is 11.1 Å². The van der Waals surface area contributed by atoms with E-state index >= 15 is 0 Å². The van der Waals surface area contributed by atoms with Crippen molar-refractivity contribution < 1.29 is 4.79 Å². The second-order valence-corrected chi connectivity index (χ2v) is 4.06. The maximum Gasteiger partial charge on any atom is 0.193 e. The van der Waals surface area contributed by atoms with E-state index in [9.17, 15) is 4.79 Å². The van der Waals surface area contributed by atoms with Crippen LogP contribution in [-0.2, 0) is 0 Å². The Morgan fingerprint density at radius 1 is 0.706 bits per heavy atom. The zero-order valence-corrected chi connectivity index (χ0v) is 10.1. The lowest BCUT2D eigenvalue weighted by molar-refractivity contribution is 0.103. The van der Waals surface area contributed by atoms with Crippen LogP contribution in [0.25, 0.3) is 0 Å². The zero-order chi connectivity index (χ0) is 11.5. The molecule has 2 aromatic carbocycles. The summed E-state index contributed by atoms with van der Waals surface area (Å²) >= 11 is 0. The topological polar surface area (TPSA) is 17.1 Å². The van der Waals surface area contributed by atoms with E-state index in [0.717, 1.165) is 11.1 Å². The number of ketones is 1. The van der Waals surface area contributed by atoms with Crippen LogP contribution in [0.2, 0.25) is 0 Å². The number of rotatable bonds is 2. The molecule has 0 aliphatic heterocycles. The van der Waals surface area contributed by atoms with Gasteiger partial charge in [0.1, 0.15) is 0 Å². The fraction of sp³-hybridized carbons (Fsp3) is 0.125. The van der Waals surface area contributed by atoms with Crippen LogP contribution in [0.3, 0.4) is 0 Å². The van der Waals surface area contributed by atoms with E-state index in [2.05, 4.69) is 0 Å². The summed E-state index contributed by atoms with van der Waals surface area (Å²) in [5, 5.41) is 0. The third-order valence-electron chi connectivity index (χ3n) is 2.63. The first-order valence-corrected chi connectivity index (χ1v) is 5.35. The molecule has 0 unspecified atom stereocenters. The standard InChI is InChI=1S/C15H14O.CH/c1-11-3-7-13(8-4-11)15(16)14-9-5-12(2)6-10-14;/h3-10H,1-2H3;1H. The summed E-state index contributed by atoms with van der Waals surface area (Å²) in [6.07, 6.45) is 0. The maximum absolute atomic E-state index is 12.1. The second-order valence-electron chi connectivity index (χ2n) is 4.06. The van der Waals surface area contributed by atoms with Crippen LogP contribution in [0.1, 0.15) is 27.0 Å². The molecule has 0 amide bonds. The van der Waals surface area contributed by atoms with Gasteiger partial charge in [0.15, 0.2) is 5.78 Å². The Bertz CT molecular complexity index is 445. The molecule has 2 rings (SSSR count). The number of benzene rings is 2. The monoisotopic (exact) mass is 223 g/mol. The smallest absolute Gasteiger partial charge is 0.193 e. The van der Waals surface area contributed by atoms with Gasteiger partial charge in [-0.1, -0.05) is 59.7 Å². The Balaban J connectivity index is 0.00000144. The van der Waals surface area contributed by atoms with Crippen molar-refractivity contribution >= 4 is 5.78 Å². The first-order chi connectivity index (χ1) is 7.66. The van der Waals surface area contributed by atoms with Gasteiger partial charge in [-0.3, -0.25) is 4.79 Å². The molecule has 0 fully saturated rings. The summed E-state index contributed by atoms with van der Waals surface area (Å²) in [6, 6.07) is 15.3. The fourth-order valence-corrected chi connectivity index (χ4v) is 1.58. The molecular weight excluding hydrogens is 208 g/mol. The van der Waals surface area contributed by atoms with Crippen molar-refractivity contribution in [2.24, 2.45) is 0 Å². The Morgan fingerprint density at radius 2 is 1.00 bits per heavy atom. The van der Waals surface area contributed by atoms with E-state index in [0.29, 0.717) is 0 Å². The van der Waals surface area contributed by atoms with Crippen molar-refractivity contribution in [3.8, 4) is 0 Å². The van der Waals surface area contributed by atoms with Gasteiger partial charge in [-0.15, -0.1) is 0 Å². The van der Waals surface area contributed by atoms with Crippen LogP contribution < -0.4 is 0 Å². The largest absolute Gasteiger partial charge is 0.289 e. The SMILES string of the molecule is Cc1ccc(C(=O)c2ccc(C)cc2)cc1.[CH]. The van der Waals surface area contributed by atoms with E-state index in [1.807, 2.05) is 62.4 Å². The third kappa shape index (κ3) is 3.04. The van der Waals surface area contributed by atoms with Crippen LogP contribution in [0.15, 0.2) is 48.5 Å². The summed E-state index contributed by atoms with van der Waals surface area (Å²) in [6.45, 7) is 4.03. The van der Waals surface area contributed by atoms with Crippen LogP contribution in [0.4, 0.5) is 0 Å². The van der Waals surface area contributed by atoms with Crippen molar-refractivity contribution in [3.05, 3.63) is 78.2 Å². The molecule has 17 heavy (non-hydrogen) atoms. The number of carbonyl (C=O) groups is 1. The minimum absolute atomic E-state index is 0. The molecule has 0 aliphatic rings. The third-order valence-corrected chi connectivity index (χ3v) is 2.63. The molecule has 0 bridgehead atoms. The highest BCUT2D eigenvalue weighted by Gasteiger charge is 2.07. The molecule has 0 saturated heterocycles. The highest BCUT2D eigenvalue weighted by molar-refractivity contribution is 6.08. The highest BCUT2D eigenvalue weighted by atomic mass is 16.1. The van der Waals surface area contributed by atoms with E-state index in [-0.39, 0.29) is 13.2 Å². The quantitative estimate of drug-likeness (QED) is 0.709. The Kier molecular flexibility index (Phi) is 4.22. The lowest BCUT2D eigenvalue weighted by atomic mass is 10.0. The molecule has 0 N–H and O–H groups in total. The normalized spacial score (nSPS) is 9.53. The van der Waals surface area contributed by atoms with Gasteiger partial charge in [0.2, 0.25) is 0 Å². The molecule has 0 atom stereocenters. The van der Waals surface area contributed by atoms with Gasteiger partial charge in [-0.25, -0.2) is 0 Å². The van der Waals surface area contributed by atoms with Gasteiger partial charge in [0.05, 0.1) is 0 Å². The van der Waals surface area contributed by atoms with Crippen molar-refractivity contribution in [2.45, 2.75) is 13.8 Å². The van der Waals surface area contributed by atoms with Crippen molar-refractivity contribution in [2.75, 3.05) is 0 Å². The average molecular weight is 223 g/mol. The van der Waals surface area contributed by atoms with Gasteiger partial charge in [-0.05, 0) is 21.3 Å². The summed E-state index contributed by atoms with van der Waals surface area (Å²) in [4.78, 5) is 12.1. The Morgan fingerprint density at radius 3 is 1.29 bits per heavy atom. The zero-order valence-electron chi connectivity index (χ0n) is 10.1. The number of carbonyl (C=O) groups excluding carboxylic acids is 1. The second kappa shape index (κ2) is 5.44. The van der Waals surface area contributed by atoms with E-state index in [1.54, 1.807) is 0 Å². The Hall–Kier alpha value is -1.89. The molecule has 0 aromatic heterocycles. The van der Waals surface area contributed by atoms with Gasteiger partial charge in [-0.2, -0.15) is 0 Å². The van der Waals surface area contributed by atoms with E-state index in [4.69, 9.17) is 0 Å². The fourth-order valence-electron chi connectivity index (χ4n) is 1.58. The molecule has 3 radical (unpaired) electrons. The first-order valence-electron chi connectivity index (χ1n) is 5.35. The van der Waals surface area contributed by atoms with Gasteiger partial charge >= 0.3 is 0 Å². The molecule has 0 heterocycles. The molecule has 0 spiro atoms. The van der Waals surface area contributed by atoms with Crippen LogP contribution >= 0.6 is 0 Å². The predicted octanol–water partition coefficient (Wildman–Crippen LogP) is 3.74. The predicted molar refractivity (Wildman–Crippen MR) is 70.1 cm³/mol. The minimum Gasteiger partial charge on any atom is -0.289 e. The van der Waals surface area contributed by atoms with E-state index in [1.165, 1.54) is 11.1 Å². The van der Waals surface area contributed by atoms with Gasteiger partial charge in [0.25, 0.3) is 0 Å². The first kappa shape index (κ1) is 13.2. The van der Waals surface area contributed by atoms with E-state index < -0.39 is 0 Å². The van der Waals surface area contributed by atoms with Crippen molar-refractivity contribution in [3.63, 3.8) is 0 Å². The van der Waals surface area contributed by atoms with Crippen LogP contribution in [-0.4, -0.2) is 5.78 Å². The summed E-state index contributed by atoms with van der Waals surface area (Å²) in [5.41, 5.74) is 3.82. The molecule has 2 aromatic rings. The number of hydrogen-bond acceptors (Lipinski definition) is 1. The number of aryl methyl sites for hydroxylation is 2. The molecule has 0 saturated carbocycles. The summed E-state index contributed by atoms with van der Waals surface area (Å²) in [5.74, 6) is 0.0833. The summed E-state index contributed by atoms with van der Waals surface area (Å²) in [7, 11) is 0. The van der Waals surface area contributed by atoms with Crippen molar-refractivity contribution in [1.82, 2.24) is 0 Å². The van der Waals surface area contributed by atoms with Crippen molar-refractivity contribution in [1.29, 1.82) is 0 Å². The maximum atomic E-state index is 12.1. The van der Waals surface area contributed by atoms with Crippen LogP contribution in [0.5, 0.6) is 0 Å². The lowest BCUT2D eigenvalue weighted by Crippen LogP contribution is -2.00.